The summed E-state index contributed by atoms with van der Waals surface area (Å²) in [5, 5.41) is 0. The number of carbonyl (C=O) groups is 1. The minimum Gasteiger partial charge on any atom is -0.368 e. The number of likely N-dealkylation sites (tertiary alicyclic amines) is 1. The van der Waals surface area contributed by atoms with E-state index in [2.05, 4.69) is 57.3 Å². The topological polar surface area (TPSA) is 39.7 Å². The Morgan fingerprint density at radius 1 is 0.897 bits per heavy atom. The molecule has 1 aromatic carbocycles. The van der Waals surface area contributed by atoms with Crippen LogP contribution < -0.4 is 4.90 Å². The Bertz CT molecular complexity index is 805. The van der Waals surface area contributed by atoms with Crippen LogP contribution in [0.5, 0.6) is 0 Å². The van der Waals surface area contributed by atoms with E-state index in [4.69, 9.17) is 0 Å². The highest BCUT2D eigenvalue weighted by molar-refractivity contribution is 5.92. The van der Waals surface area contributed by atoms with Crippen LogP contribution in [-0.4, -0.2) is 66.5 Å². The summed E-state index contributed by atoms with van der Waals surface area (Å²) in [5.41, 5.74) is 2.93. The van der Waals surface area contributed by atoms with E-state index in [1.807, 2.05) is 23.2 Å². The standard InChI is InChI=1S/C24H30N4O/c29-24(28-14-5-2-6-15-28)23-12-11-22(20-25-23)27-18-16-26(17-19-27)13-7-10-21-8-3-1-4-9-21/h1,3-4,7-12,20H,2,5-6,13-19H2/b10-7+. The highest BCUT2D eigenvalue weighted by atomic mass is 16.2. The lowest BCUT2D eigenvalue weighted by atomic mass is 10.1. The predicted molar refractivity (Wildman–Crippen MR) is 118 cm³/mol. The molecule has 2 aliphatic heterocycles. The second-order valence-corrected chi connectivity index (χ2v) is 7.86. The molecule has 0 aliphatic carbocycles. The van der Waals surface area contributed by atoms with Gasteiger partial charge in [-0.2, -0.15) is 0 Å². The SMILES string of the molecule is O=C(c1ccc(N2CCN(C/C=C/c3ccccc3)CC2)cn1)N1CCCCC1. The molecule has 2 saturated heterocycles. The lowest BCUT2D eigenvalue weighted by Gasteiger charge is -2.35. The number of piperazine rings is 1. The normalized spacial score (nSPS) is 18.3. The van der Waals surface area contributed by atoms with Gasteiger partial charge in [-0.15, -0.1) is 0 Å². The molecule has 0 bridgehead atoms. The number of rotatable bonds is 5. The molecule has 0 spiro atoms. The number of nitrogens with zero attached hydrogens (tertiary/aromatic N) is 4. The van der Waals surface area contributed by atoms with E-state index in [0.29, 0.717) is 5.69 Å². The van der Waals surface area contributed by atoms with Gasteiger partial charge in [0.05, 0.1) is 11.9 Å². The van der Waals surface area contributed by atoms with Crippen LogP contribution in [0.4, 0.5) is 5.69 Å². The molecule has 4 rings (SSSR count). The maximum absolute atomic E-state index is 12.6. The maximum atomic E-state index is 12.6. The fourth-order valence-corrected chi connectivity index (χ4v) is 4.05. The third-order valence-corrected chi connectivity index (χ3v) is 5.82. The second kappa shape index (κ2) is 9.70. The van der Waals surface area contributed by atoms with Crippen LogP contribution in [0.15, 0.2) is 54.7 Å². The van der Waals surface area contributed by atoms with Gasteiger partial charge in [-0.3, -0.25) is 9.69 Å². The van der Waals surface area contributed by atoms with Crippen LogP contribution in [0.3, 0.4) is 0 Å². The van der Waals surface area contributed by atoms with E-state index in [1.165, 1.54) is 12.0 Å². The quantitative estimate of drug-likeness (QED) is 0.783. The van der Waals surface area contributed by atoms with Gasteiger partial charge in [0.15, 0.2) is 0 Å². The number of piperidine rings is 1. The average molecular weight is 391 g/mol. The Hall–Kier alpha value is -2.66. The van der Waals surface area contributed by atoms with Gasteiger partial charge >= 0.3 is 0 Å². The molecule has 1 aromatic heterocycles. The number of anilines is 1. The summed E-state index contributed by atoms with van der Waals surface area (Å²) in [7, 11) is 0. The zero-order valence-electron chi connectivity index (χ0n) is 17.0. The Balaban J connectivity index is 1.26. The zero-order valence-corrected chi connectivity index (χ0v) is 17.0. The lowest BCUT2D eigenvalue weighted by molar-refractivity contribution is 0.0718. The molecule has 0 N–H and O–H groups in total. The number of amides is 1. The van der Waals surface area contributed by atoms with Crippen molar-refractivity contribution in [1.82, 2.24) is 14.8 Å². The third kappa shape index (κ3) is 5.24. The van der Waals surface area contributed by atoms with Crippen LogP contribution in [0.2, 0.25) is 0 Å². The minimum absolute atomic E-state index is 0.0753. The molecule has 1 amide bonds. The molecular formula is C24H30N4O. The molecule has 0 atom stereocenters. The van der Waals surface area contributed by atoms with Gasteiger partial charge in [0.2, 0.25) is 0 Å². The summed E-state index contributed by atoms with van der Waals surface area (Å²) in [6.07, 6.45) is 9.73. The molecule has 2 fully saturated rings. The zero-order chi connectivity index (χ0) is 19.9. The van der Waals surface area contributed by atoms with E-state index >= 15 is 0 Å². The first kappa shape index (κ1) is 19.6. The van der Waals surface area contributed by atoms with Gasteiger partial charge in [-0.05, 0) is 37.0 Å². The number of hydrogen-bond acceptors (Lipinski definition) is 4. The number of aromatic nitrogens is 1. The maximum Gasteiger partial charge on any atom is 0.272 e. The van der Waals surface area contributed by atoms with Crippen molar-refractivity contribution in [2.45, 2.75) is 19.3 Å². The van der Waals surface area contributed by atoms with Crippen molar-refractivity contribution in [2.24, 2.45) is 0 Å². The number of carbonyl (C=O) groups excluding carboxylic acids is 1. The molecular weight excluding hydrogens is 360 g/mol. The van der Waals surface area contributed by atoms with Crippen LogP contribution >= 0.6 is 0 Å². The minimum atomic E-state index is 0.0753. The van der Waals surface area contributed by atoms with Crippen molar-refractivity contribution in [3.63, 3.8) is 0 Å². The van der Waals surface area contributed by atoms with Crippen LogP contribution in [-0.2, 0) is 0 Å². The van der Waals surface area contributed by atoms with Gasteiger partial charge < -0.3 is 9.80 Å². The Kier molecular flexibility index (Phi) is 6.57. The summed E-state index contributed by atoms with van der Waals surface area (Å²) < 4.78 is 0. The molecule has 2 aromatic rings. The highest BCUT2D eigenvalue weighted by Crippen LogP contribution is 2.18. The highest BCUT2D eigenvalue weighted by Gasteiger charge is 2.20. The lowest BCUT2D eigenvalue weighted by Crippen LogP contribution is -2.46. The Labute approximate surface area is 173 Å². The molecule has 3 heterocycles. The van der Waals surface area contributed by atoms with Crippen molar-refractivity contribution in [3.8, 4) is 0 Å². The largest absolute Gasteiger partial charge is 0.368 e. The molecule has 5 heteroatoms. The Morgan fingerprint density at radius 3 is 2.34 bits per heavy atom. The van der Waals surface area contributed by atoms with Crippen LogP contribution in [0.25, 0.3) is 6.08 Å². The molecule has 0 radical (unpaired) electrons. The summed E-state index contributed by atoms with van der Waals surface area (Å²) in [4.78, 5) is 23.8. The summed E-state index contributed by atoms with van der Waals surface area (Å²) in [6, 6.07) is 14.4. The van der Waals surface area contributed by atoms with E-state index < -0.39 is 0 Å². The summed E-state index contributed by atoms with van der Waals surface area (Å²) >= 11 is 0. The molecule has 29 heavy (non-hydrogen) atoms. The van der Waals surface area contributed by atoms with Crippen molar-refractivity contribution >= 4 is 17.7 Å². The fraction of sp³-hybridized carbons (Fsp3) is 0.417. The van der Waals surface area contributed by atoms with Crippen LogP contribution in [0, 0.1) is 0 Å². The number of benzene rings is 1. The summed E-state index contributed by atoms with van der Waals surface area (Å²) in [5.74, 6) is 0.0753. The van der Waals surface area contributed by atoms with Crippen LogP contribution in [0.1, 0.15) is 35.3 Å². The monoisotopic (exact) mass is 390 g/mol. The van der Waals surface area contributed by atoms with E-state index in [9.17, 15) is 4.79 Å². The van der Waals surface area contributed by atoms with Crippen molar-refractivity contribution in [3.05, 3.63) is 66.0 Å². The van der Waals surface area contributed by atoms with Crippen molar-refractivity contribution < 1.29 is 4.79 Å². The van der Waals surface area contributed by atoms with Gasteiger partial charge in [-0.25, -0.2) is 4.98 Å². The van der Waals surface area contributed by atoms with Crippen molar-refractivity contribution in [2.75, 3.05) is 50.7 Å². The second-order valence-electron chi connectivity index (χ2n) is 7.86. The van der Waals surface area contributed by atoms with Crippen molar-refractivity contribution in [1.29, 1.82) is 0 Å². The first-order valence-electron chi connectivity index (χ1n) is 10.7. The van der Waals surface area contributed by atoms with Gasteiger partial charge in [0.25, 0.3) is 5.91 Å². The van der Waals surface area contributed by atoms with Gasteiger partial charge in [0, 0.05) is 45.8 Å². The van der Waals surface area contributed by atoms with E-state index in [-0.39, 0.29) is 5.91 Å². The predicted octanol–water partition coefficient (Wildman–Crippen LogP) is 3.54. The third-order valence-electron chi connectivity index (χ3n) is 5.82. The molecule has 152 valence electrons. The smallest absolute Gasteiger partial charge is 0.272 e. The average Bonchev–Trinajstić information content (AvgIpc) is 2.80. The number of pyridine rings is 1. The first-order valence-corrected chi connectivity index (χ1v) is 10.7. The van der Waals surface area contributed by atoms with Gasteiger partial charge in [0.1, 0.15) is 5.69 Å². The van der Waals surface area contributed by atoms with E-state index in [0.717, 1.165) is 64.3 Å². The number of hydrogen-bond donors (Lipinski definition) is 0. The summed E-state index contributed by atoms with van der Waals surface area (Å²) in [6.45, 7) is 6.75. The molecule has 0 saturated carbocycles. The fourth-order valence-electron chi connectivity index (χ4n) is 4.05. The molecule has 2 aliphatic rings. The first-order chi connectivity index (χ1) is 14.3. The molecule has 0 unspecified atom stereocenters. The Morgan fingerprint density at radius 2 is 1.66 bits per heavy atom. The molecule has 5 nitrogen and oxygen atoms in total. The van der Waals surface area contributed by atoms with E-state index in [1.54, 1.807) is 0 Å². The van der Waals surface area contributed by atoms with Gasteiger partial charge in [-0.1, -0.05) is 42.5 Å².